The Hall–Kier alpha value is -5.02. The molecule has 1 saturated carbocycles. The van der Waals surface area contributed by atoms with Gasteiger partial charge < -0.3 is 48.3 Å². The van der Waals surface area contributed by atoms with Gasteiger partial charge in [-0.3, -0.25) is 38.5 Å². The largest absolute Gasteiger partial charge is 0.463 e. The van der Waals surface area contributed by atoms with E-state index >= 15 is 0 Å². The highest BCUT2D eigenvalue weighted by Crippen LogP contribution is 2.38. The van der Waals surface area contributed by atoms with E-state index in [0.717, 1.165) is 22.6 Å². The van der Waals surface area contributed by atoms with E-state index in [1.54, 1.807) is 48.0 Å². The summed E-state index contributed by atoms with van der Waals surface area (Å²) in [5.41, 5.74) is 1.14. The van der Waals surface area contributed by atoms with Gasteiger partial charge in [0.25, 0.3) is 23.5 Å². The standard InChI is InChI=1S/C60H88N2O17/c1-36-16-12-11-13-17-37(2)48(73-8)34-44-21-19-42(7)60(72,79-44)57(69)58(70)61-26-15-14-18-45(61)59(71)78-49(35-46(63)38(3)31-41(6)55(68)56(75-10)54(67)40(5)30-36)39(4)32-43-20-22-47(50(33-43)74-9)76-28-29-77-53(66)25-27-62-51(64)23-24-52(62)65/h11-13,16-17,23-24,31,36,39-45,47-50,55-56,68,72H,14-15,18-22,25-30,32-35H2,1-10H3/b13-11?,16-12?,37-17?,38-31+. The molecule has 2 N–H and O–H groups in total. The molecule has 0 spiro atoms. The van der Waals surface area contributed by atoms with Gasteiger partial charge in [0, 0.05) is 77.2 Å². The molecule has 3 fully saturated rings. The number of nitrogens with zero attached hydrogens (tertiary/aromatic N) is 2. The summed E-state index contributed by atoms with van der Waals surface area (Å²) in [7, 11) is 4.52. The lowest BCUT2D eigenvalue weighted by molar-refractivity contribution is -0.265. The highest BCUT2D eigenvalue weighted by molar-refractivity contribution is 6.39. The van der Waals surface area contributed by atoms with Crippen molar-refractivity contribution in [3.63, 3.8) is 0 Å². The van der Waals surface area contributed by atoms with Crippen LogP contribution in [0.2, 0.25) is 0 Å². The van der Waals surface area contributed by atoms with Crippen molar-refractivity contribution in [2.24, 2.45) is 35.5 Å². The molecule has 0 aromatic heterocycles. The maximum atomic E-state index is 14.6. The molecule has 5 rings (SSSR count). The number of aliphatic hydroxyl groups excluding tert-OH is 1. The minimum absolute atomic E-state index is 0.00543. The predicted octanol–water partition coefficient (Wildman–Crippen LogP) is 6.06. The summed E-state index contributed by atoms with van der Waals surface area (Å²) in [4.78, 5) is 110. The normalized spacial score (nSPS) is 34.7. The fourth-order valence-corrected chi connectivity index (χ4v) is 11.6. The summed E-state index contributed by atoms with van der Waals surface area (Å²) < 4.78 is 41.3. The molecule has 15 unspecified atom stereocenters. The van der Waals surface area contributed by atoms with E-state index in [9.17, 15) is 48.6 Å². The number of amides is 3. The third-order valence-corrected chi connectivity index (χ3v) is 16.6. The Labute approximate surface area is 466 Å². The third-order valence-electron chi connectivity index (χ3n) is 16.6. The van der Waals surface area contributed by atoms with Gasteiger partial charge in [-0.1, -0.05) is 71.1 Å². The number of ether oxygens (including phenoxy) is 7. The molecule has 4 heterocycles. The number of allylic oxidation sites excluding steroid dienone is 6. The second-order valence-electron chi connectivity index (χ2n) is 22.6. The van der Waals surface area contributed by atoms with Crippen LogP contribution in [0.15, 0.2) is 59.8 Å². The molecular formula is C60H88N2O17. The van der Waals surface area contributed by atoms with Crippen LogP contribution in [0.25, 0.3) is 0 Å². The molecule has 1 aliphatic carbocycles. The number of aliphatic hydroxyl groups is 2. The molecule has 5 aliphatic rings. The van der Waals surface area contributed by atoms with Crippen molar-refractivity contribution in [3.05, 3.63) is 59.8 Å². The molecule has 440 valence electrons. The molecule has 2 bridgehead atoms. The topological polar surface area (TPSA) is 248 Å². The number of carbonyl (C=O) groups excluding carboxylic acids is 8. The number of ketones is 3. The average molecular weight is 1110 g/mol. The Kier molecular flexibility index (Phi) is 25.2. The highest BCUT2D eigenvalue weighted by atomic mass is 16.6. The first-order valence-electron chi connectivity index (χ1n) is 28.3. The Morgan fingerprint density at radius 3 is 2.24 bits per heavy atom. The molecule has 3 amide bonds. The summed E-state index contributed by atoms with van der Waals surface area (Å²) in [6.07, 6.45) is 13.0. The lowest BCUT2D eigenvalue weighted by atomic mass is 9.78. The lowest BCUT2D eigenvalue weighted by Crippen LogP contribution is -2.61. The van der Waals surface area contributed by atoms with E-state index in [2.05, 4.69) is 0 Å². The third kappa shape index (κ3) is 17.7. The Bertz CT molecular complexity index is 2290. The van der Waals surface area contributed by atoms with Crippen molar-refractivity contribution >= 4 is 47.0 Å². The van der Waals surface area contributed by atoms with Crippen molar-refractivity contribution in [2.45, 2.75) is 186 Å². The SMILES string of the molecule is COC1CC2CCC(C)C(O)(O2)C(=O)C(=O)N2CCCCC2C(=O)OC(C(C)CC2CCC(OCCOC(=O)CCN3C(=O)C=CC3=O)C(OC)C2)CC(=O)/C(C)=C/C(C)C(O)C(OC)C(=O)C(C)CC(C)C=CC=CC=C1C. The number of hydrogen-bond acceptors (Lipinski definition) is 17. The number of cyclic esters (lactones) is 1. The number of rotatable bonds is 13. The van der Waals surface area contributed by atoms with Gasteiger partial charge in [0.15, 0.2) is 11.6 Å². The molecule has 0 aromatic carbocycles. The summed E-state index contributed by atoms with van der Waals surface area (Å²) in [6, 6.07) is -1.20. The number of piperidine rings is 1. The number of esters is 2. The van der Waals surface area contributed by atoms with Gasteiger partial charge in [0.2, 0.25) is 5.79 Å². The zero-order valence-corrected chi connectivity index (χ0v) is 48.1. The van der Waals surface area contributed by atoms with Gasteiger partial charge in [-0.05, 0) is 107 Å². The van der Waals surface area contributed by atoms with Crippen LogP contribution in [0.3, 0.4) is 0 Å². The molecule has 19 heteroatoms. The Morgan fingerprint density at radius 2 is 1.56 bits per heavy atom. The van der Waals surface area contributed by atoms with Gasteiger partial charge in [-0.2, -0.15) is 0 Å². The average Bonchev–Trinajstić information content (AvgIpc) is 3.88. The van der Waals surface area contributed by atoms with Crippen molar-refractivity contribution in [3.8, 4) is 0 Å². The zero-order chi connectivity index (χ0) is 58.1. The fraction of sp³-hybridized carbons (Fsp3) is 0.700. The number of Topliss-reactive ketones (excluding diaryl/α,β-unsaturated/α-hetero) is 3. The first kappa shape index (κ1) is 64.8. The number of hydrogen-bond donors (Lipinski definition) is 2. The maximum absolute atomic E-state index is 14.6. The summed E-state index contributed by atoms with van der Waals surface area (Å²) in [5, 5.41) is 23.6. The summed E-state index contributed by atoms with van der Waals surface area (Å²) in [6.45, 7) is 12.6. The first-order valence-corrected chi connectivity index (χ1v) is 28.3. The second kappa shape index (κ2) is 30.7. The predicted molar refractivity (Wildman–Crippen MR) is 290 cm³/mol. The smallest absolute Gasteiger partial charge is 0.329 e. The van der Waals surface area contributed by atoms with Gasteiger partial charge >= 0.3 is 11.9 Å². The van der Waals surface area contributed by atoms with Crippen LogP contribution < -0.4 is 0 Å². The zero-order valence-electron chi connectivity index (χ0n) is 48.1. The van der Waals surface area contributed by atoms with Crippen LogP contribution in [-0.4, -0.2) is 169 Å². The number of methoxy groups -OCH3 is 3. The quantitative estimate of drug-likeness (QED) is 0.0920. The Balaban J connectivity index is 1.36. The molecule has 4 aliphatic heterocycles. The van der Waals surface area contributed by atoms with E-state index in [4.69, 9.17) is 33.2 Å². The van der Waals surface area contributed by atoms with Gasteiger partial charge in [-0.15, -0.1) is 0 Å². The van der Waals surface area contributed by atoms with Gasteiger partial charge in [0.05, 0.1) is 43.5 Å². The molecule has 19 nitrogen and oxygen atoms in total. The van der Waals surface area contributed by atoms with Gasteiger partial charge in [-0.25, -0.2) is 4.79 Å². The Morgan fingerprint density at radius 1 is 0.835 bits per heavy atom. The van der Waals surface area contributed by atoms with E-state index in [0.29, 0.717) is 64.2 Å². The molecule has 15 atom stereocenters. The number of imide groups is 1. The van der Waals surface area contributed by atoms with Crippen LogP contribution in [0.1, 0.15) is 132 Å². The fourth-order valence-electron chi connectivity index (χ4n) is 11.6. The maximum Gasteiger partial charge on any atom is 0.329 e. The van der Waals surface area contributed by atoms with Crippen molar-refractivity contribution in [2.75, 3.05) is 47.6 Å². The number of carbonyl (C=O) groups is 8. The van der Waals surface area contributed by atoms with Crippen LogP contribution in [0.4, 0.5) is 0 Å². The first-order chi connectivity index (χ1) is 37.5. The van der Waals surface area contributed by atoms with E-state index in [-0.39, 0.29) is 86.7 Å². The molecule has 0 radical (unpaired) electrons. The van der Waals surface area contributed by atoms with Crippen molar-refractivity contribution in [1.29, 1.82) is 0 Å². The molecule has 79 heavy (non-hydrogen) atoms. The van der Waals surface area contributed by atoms with Crippen molar-refractivity contribution in [1.82, 2.24) is 9.80 Å². The van der Waals surface area contributed by atoms with E-state index in [1.165, 1.54) is 12.0 Å². The van der Waals surface area contributed by atoms with Crippen molar-refractivity contribution < 1.29 is 81.7 Å². The minimum Gasteiger partial charge on any atom is -0.463 e. The second-order valence-corrected chi connectivity index (χ2v) is 22.6. The van der Waals surface area contributed by atoms with Crippen LogP contribution in [0.5, 0.6) is 0 Å². The molecule has 2 saturated heterocycles. The molecule has 0 aromatic rings. The van der Waals surface area contributed by atoms with E-state index < -0.39 is 101 Å². The van der Waals surface area contributed by atoms with Crippen LogP contribution in [0, 0.1) is 35.5 Å². The lowest BCUT2D eigenvalue weighted by Gasteiger charge is -2.42. The van der Waals surface area contributed by atoms with E-state index in [1.807, 2.05) is 51.2 Å². The summed E-state index contributed by atoms with van der Waals surface area (Å²) >= 11 is 0. The molecular weight excluding hydrogens is 1020 g/mol. The summed E-state index contributed by atoms with van der Waals surface area (Å²) in [5.74, 6) is -9.96. The minimum atomic E-state index is -2.47. The number of fused-ring (bicyclic) bond motifs is 3. The highest BCUT2D eigenvalue weighted by Gasteiger charge is 2.53. The monoisotopic (exact) mass is 1110 g/mol. The van der Waals surface area contributed by atoms with Crippen LogP contribution >= 0.6 is 0 Å². The van der Waals surface area contributed by atoms with Crippen LogP contribution in [-0.2, 0) is 71.5 Å². The van der Waals surface area contributed by atoms with Gasteiger partial charge in [0.1, 0.15) is 24.9 Å².